The number of para-hydroxylation sites is 1. The molecular formula is C62H53N3O. The van der Waals surface area contributed by atoms with Gasteiger partial charge in [-0.1, -0.05) is 187 Å². The van der Waals surface area contributed by atoms with E-state index < -0.39 is 11.5 Å². The zero-order valence-corrected chi connectivity index (χ0v) is 38.0. The molecule has 0 aliphatic heterocycles. The summed E-state index contributed by atoms with van der Waals surface area (Å²) in [6.45, 7) is 12.8. The van der Waals surface area contributed by atoms with E-state index in [1.807, 2.05) is 66.9 Å². The third-order valence-corrected chi connectivity index (χ3v) is 12.4. The molecule has 10 rings (SSSR count). The molecular weight excluding hydrogens is 803 g/mol. The first kappa shape index (κ1) is 36.5. The Kier molecular flexibility index (Phi) is 9.38. The highest BCUT2D eigenvalue weighted by molar-refractivity contribution is 5.98. The SMILES string of the molecule is [2H]c1c([2H])c([2H])c(-c2ccc(-n3c(-c4cc(C(C)(C)C)cc(C(C)(C)C)c4O)nc4c(-c5cc(-c6ccccc6)cc(-c6cc(-c7ccc(-c8ccccc8)cc7)ccn6)c5)cccc43)cc2)c([2H])c1[2H]. The van der Waals surface area contributed by atoms with Crippen LogP contribution >= 0.6 is 0 Å². The Morgan fingerprint density at radius 3 is 1.70 bits per heavy atom. The number of nitrogens with zero attached hydrogens (tertiary/aromatic N) is 3. The van der Waals surface area contributed by atoms with Gasteiger partial charge >= 0.3 is 0 Å². The highest BCUT2D eigenvalue weighted by Gasteiger charge is 2.29. The molecule has 0 saturated heterocycles. The van der Waals surface area contributed by atoms with Crippen LogP contribution in [-0.2, 0) is 10.8 Å². The van der Waals surface area contributed by atoms with Crippen molar-refractivity contribution in [1.82, 2.24) is 14.5 Å². The minimum Gasteiger partial charge on any atom is -0.507 e. The average Bonchev–Trinajstić information content (AvgIpc) is 3.77. The van der Waals surface area contributed by atoms with Gasteiger partial charge in [-0.15, -0.1) is 0 Å². The topological polar surface area (TPSA) is 50.9 Å². The van der Waals surface area contributed by atoms with E-state index in [9.17, 15) is 5.11 Å². The van der Waals surface area contributed by atoms with E-state index in [1.165, 1.54) is 5.56 Å². The van der Waals surface area contributed by atoms with Gasteiger partial charge in [-0.3, -0.25) is 9.55 Å². The van der Waals surface area contributed by atoms with Crippen LogP contribution in [0.3, 0.4) is 0 Å². The third kappa shape index (κ3) is 8.23. The molecule has 4 nitrogen and oxygen atoms in total. The fourth-order valence-corrected chi connectivity index (χ4v) is 8.74. The van der Waals surface area contributed by atoms with Crippen molar-refractivity contribution in [2.24, 2.45) is 0 Å². The third-order valence-electron chi connectivity index (χ3n) is 12.4. The number of hydrogen-bond donors (Lipinski definition) is 1. The van der Waals surface area contributed by atoms with E-state index in [-0.39, 0.29) is 40.9 Å². The van der Waals surface area contributed by atoms with Crippen molar-refractivity contribution in [2.45, 2.75) is 52.4 Å². The van der Waals surface area contributed by atoms with E-state index in [2.05, 4.69) is 143 Å². The van der Waals surface area contributed by atoms with Crippen LogP contribution in [0.25, 0.3) is 95.0 Å². The van der Waals surface area contributed by atoms with Crippen molar-refractivity contribution in [3.8, 4) is 89.7 Å². The maximum absolute atomic E-state index is 12.4. The van der Waals surface area contributed by atoms with Gasteiger partial charge in [0.25, 0.3) is 0 Å². The summed E-state index contributed by atoms with van der Waals surface area (Å²) in [6, 6.07) is 55.9. The number of imidazole rings is 1. The highest BCUT2D eigenvalue weighted by atomic mass is 16.3. The lowest BCUT2D eigenvalue weighted by Gasteiger charge is -2.27. The predicted octanol–water partition coefficient (Wildman–Crippen LogP) is 16.4. The number of phenols is 1. The standard InChI is InChI=1S/C62H53N3O/c1-61(2,3)51-39-54(59(66)55(40-51)62(4,5)6)60-64-58-53(23-16-24-57(58)65(60)52-31-29-45(30-32-52)42-19-12-8-13-20-42)49-35-48(43-21-14-9-15-22-43)36-50(37-49)56-38-47(33-34-63-56)46-27-25-44(26-28-46)41-17-10-7-11-18-41/h7-40,66H,1-6H3/i8D,12D,13D,19D,20D. The normalized spacial score (nSPS) is 12.9. The number of aromatic hydroxyl groups is 1. The van der Waals surface area contributed by atoms with E-state index in [0.717, 1.165) is 66.8 Å². The van der Waals surface area contributed by atoms with Gasteiger partial charge in [0.15, 0.2) is 0 Å². The van der Waals surface area contributed by atoms with Crippen LogP contribution in [0.15, 0.2) is 206 Å². The molecule has 0 atom stereocenters. The Morgan fingerprint density at radius 1 is 0.470 bits per heavy atom. The molecule has 8 aromatic carbocycles. The summed E-state index contributed by atoms with van der Waals surface area (Å²) in [5.41, 5.74) is 14.7. The van der Waals surface area contributed by atoms with Crippen LogP contribution in [0.1, 0.15) is 59.5 Å². The van der Waals surface area contributed by atoms with Gasteiger partial charge in [0.05, 0.1) is 29.1 Å². The maximum atomic E-state index is 12.4. The van der Waals surface area contributed by atoms with E-state index in [1.54, 1.807) is 12.1 Å². The fourth-order valence-electron chi connectivity index (χ4n) is 8.74. The summed E-state index contributed by atoms with van der Waals surface area (Å²) in [6.07, 6.45) is 1.87. The number of fused-ring (bicyclic) bond motifs is 1. The Bertz CT molecular complexity index is 3620. The molecule has 66 heavy (non-hydrogen) atoms. The quantitative estimate of drug-likeness (QED) is 0.166. The number of pyridine rings is 1. The summed E-state index contributed by atoms with van der Waals surface area (Å²) >= 11 is 0. The van der Waals surface area contributed by atoms with Crippen LogP contribution in [0.5, 0.6) is 5.75 Å². The molecule has 10 aromatic rings. The van der Waals surface area contributed by atoms with E-state index in [0.29, 0.717) is 28.2 Å². The van der Waals surface area contributed by atoms with Gasteiger partial charge in [-0.25, -0.2) is 4.98 Å². The first-order valence-corrected chi connectivity index (χ1v) is 22.4. The zero-order valence-electron chi connectivity index (χ0n) is 43.0. The summed E-state index contributed by atoms with van der Waals surface area (Å²) < 4.78 is 44.3. The number of phenolic OH excluding ortho intramolecular Hbond substituents is 1. The molecule has 0 spiro atoms. The molecule has 2 aromatic heterocycles. The Balaban J connectivity index is 1.18. The molecule has 0 unspecified atom stereocenters. The van der Waals surface area contributed by atoms with Gasteiger partial charge in [0.1, 0.15) is 11.6 Å². The first-order chi connectivity index (χ1) is 34.0. The second kappa shape index (κ2) is 17.0. The zero-order chi connectivity index (χ0) is 49.9. The lowest BCUT2D eigenvalue weighted by atomic mass is 9.79. The molecule has 0 amide bonds. The molecule has 4 heteroatoms. The molecule has 0 fully saturated rings. The lowest BCUT2D eigenvalue weighted by Crippen LogP contribution is -2.17. The number of benzene rings is 8. The minimum atomic E-state index is -0.436. The largest absolute Gasteiger partial charge is 0.507 e. The molecule has 0 aliphatic carbocycles. The molecule has 0 aliphatic rings. The summed E-state index contributed by atoms with van der Waals surface area (Å²) in [5, 5.41) is 12.4. The average molecular weight is 861 g/mol. The van der Waals surface area contributed by atoms with E-state index in [4.69, 9.17) is 16.8 Å². The van der Waals surface area contributed by atoms with Gasteiger partial charge in [0, 0.05) is 28.6 Å². The molecule has 0 bridgehead atoms. The van der Waals surface area contributed by atoms with E-state index >= 15 is 0 Å². The smallest absolute Gasteiger partial charge is 0.149 e. The summed E-state index contributed by atoms with van der Waals surface area (Å²) in [5.74, 6) is 0.678. The van der Waals surface area contributed by atoms with Gasteiger partial charge in [-0.2, -0.15) is 0 Å². The molecule has 2 heterocycles. The second-order valence-electron chi connectivity index (χ2n) is 18.9. The number of hydrogen-bond acceptors (Lipinski definition) is 3. The predicted molar refractivity (Wildman–Crippen MR) is 276 cm³/mol. The molecule has 322 valence electrons. The highest BCUT2D eigenvalue weighted by Crippen LogP contribution is 2.45. The first-order valence-electron chi connectivity index (χ1n) is 24.9. The van der Waals surface area contributed by atoms with Crippen molar-refractivity contribution in [2.75, 3.05) is 0 Å². The second-order valence-corrected chi connectivity index (χ2v) is 18.9. The minimum absolute atomic E-state index is 0.126. The van der Waals surface area contributed by atoms with Gasteiger partial charge < -0.3 is 5.11 Å². The van der Waals surface area contributed by atoms with Crippen molar-refractivity contribution in [3.63, 3.8) is 0 Å². The molecule has 0 saturated carbocycles. The Morgan fingerprint density at radius 2 is 1.05 bits per heavy atom. The van der Waals surface area contributed by atoms with Crippen molar-refractivity contribution >= 4 is 11.0 Å². The number of aromatic nitrogens is 3. The monoisotopic (exact) mass is 860 g/mol. The van der Waals surface area contributed by atoms with Crippen LogP contribution in [0.4, 0.5) is 0 Å². The molecule has 1 N–H and O–H groups in total. The van der Waals surface area contributed by atoms with Crippen LogP contribution in [-0.4, -0.2) is 19.6 Å². The van der Waals surface area contributed by atoms with Gasteiger partial charge in [-0.05, 0) is 121 Å². The van der Waals surface area contributed by atoms with Crippen LogP contribution < -0.4 is 0 Å². The van der Waals surface area contributed by atoms with Crippen molar-refractivity contribution in [3.05, 3.63) is 217 Å². The maximum Gasteiger partial charge on any atom is 0.149 e. The van der Waals surface area contributed by atoms with Crippen molar-refractivity contribution < 1.29 is 12.0 Å². The van der Waals surface area contributed by atoms with Crippen LogP contribution in [0, 0.1) is 0 Å². The Hall–Kier alpha value is -7.82. The Labute approximate surface area is 395 Å². The van der Waals surface area contributed by atoms with Crippen molar-refractivity contribution in [1.29, 1.82) is 0 Å². The lowest BCUT2D eigenvalue weighted by molar-refractivity contribution is 0.446. The van der Waals surface area contributed by atoms with Crippen LogP contribution in [0.2, 0.25) is 0 Å². The number of rotatable bonds is 8. The molecule has 0 radical (unpaired) electrons. The summed E-state index contributed by atoms with van der Waals surface area (Å²) in [4.78, 5) is 10.5. The fraction of sp³-hybridized carbons (Fsp3) is 0.129. The van der Waals surface area contributed by atoms with Gasteiger partial charge in [0.2, 0.25) is 0 Å². The summed E-state index contributed by atoms with van der Waals surface area (Å²) in [7, 11) is 0.